The number of piperidine rings is 1. The van der Waals surface area contributed by atoms with E-state index >= 15 is 0 Å². The molecule has 11 nitrogen and oxygen atoms in total. The van der Waals surface area contributed by atoms with E-state index in [0.717, 1.165) is 25.7 Å². The lowest BCUT2D eigenvalue weighted by Gasteiger charge is -2.31. The predicted molar refractivity (Wildman–Crippen MR) is 183 cm³/mol. The predicted octanol–water partition coefficient (Wildman–Crippen LogP) is 3.57. The third-order valence-electron chi connectivity index (χ3n) is 8.03. The Bertz CT molecular complexity index is 1790. The van der Waals surface area contributed by atoms with Crippen molar-refractivity contribution in [1.29, 1.82) is 0 Å². The molecule has 6 rings (SSSR count). The van der Waals surface area contributed by atoms with Gasteiger partial charge in [-0.3, -0.25) is 14.4 Å². The molecule has 3 amide bonds. The molecule has 1 saturated carbocycles. The lowest BCUT2D eigenvalue weighted by molar-refractivity contribution is -0.117. The Morgan fingerprint density at radius 1 is 0.957 bits per heavy atom. The third-order valence-corrected chi connectivity index (χ3v) is 9.05. The number of benzene rings is 2. The maximum atomic E-state index is 13.5. The summed E-state index contributed by atoms with van der Waals surface area (Å²) >= 11 is 1.28. The second-order valence-electron chi connectivity index (χ2n) is 11.7. The Labute approximate surface area is 280 Å². The first-order valence-electron chi connectivity index (χ1n) is 15.2. The second kappa shape index (κ2) is 13.6. The van der Waals surface area contributed by atoms with Gasteiger partial charge in [0.2, 0.25) is 5.91 Å². The van der Waals surface area contributed by atoms with Gasteiger partial charge in [-0.15, -0.1) is 21.5 Å². The summed E-state index contributed by atoms with van der Waals surface area (Å²) in [5.41, 5.74) is 2.39. The van der Waals surface area contributed by atoms with Gasteiger partial charge in [-0.1, -0.05) is 41.6 Å². The highest BCUT2D eigenvalue weighted by molar-refractivity contribution is 7.17. The molecule has 2 aromatic carbocycles. The van der Waals surface area contributed by atoms with Crippen LogP contribution in [0.2, 0.25) is 0 Å². The number of thiazole rings is 1. The zero-order valence-corrected chi connectivity index (χ0v) is 26.5. The molecule has 2 aromatic heterocycles. The molecule has 3 N–H and O–H groups in total. The minimum absolute atomic E-state index is 0.0522. The van der Waals surface area contributed by atoms with E-state index in [4.69, 9.17) is 28.3 Å². The Hall–Kier alpha value is -4.65. The zero-order valence-electron chi connectivity index (χ0n) is 25.7. The topological polar surface area (TPSA) is 138 Å². The first kappa shape index (κ1) is 32.3. The first-order valence-corrected chi connectivity index (χ1v) is 16.0. The molecule has 1 aliphatic heterocycles. The Kier molecular flexibility index (Phi) is 9.35. The number of amides is 3. The average Bonchev–Trinajstić information content (AvgIpc) is 3.81. The summed E-state index contributed by atoms with van der Waals surface area (Å²) in [5.74, 6) is -0.109. The number of para-hydroxylation sites is 1. The van der Waals surface area contributed by atoms with Crippen molar-refractivity contribution in [2.75, 3.05) is 30.8 Å². The number of methoxy groups -OCH3 is 1. The van der Waals surface area contributed by atoms with Gasteiger partial charge < -0.3 is 25.6 Å². The molecule has 0 bridgehead atoms. The lowest BCUT2D eigenvalue weighted by atomic mass is 9.49. The SMILES string of the molecule is [B]C([B])([B])NC(=O)c1nnc(NC(=O)C2CC2)cc1Nc1cccc(-c2ncc(C(=O)N3CCC(c4ccccc4)CC3)s2)c1OC. The summed E-state index contributed by atoms with van der Waals surface area (Å²) in [5, 5.41) is 14.7. The molecule has 0 spiro atoms. The summed E-state index contributed by atoms with van der Waals surface area (Å²) < 4.78 is 5.80. The number of aromatic nitrogens is 3. The van der Waals surface area contributed by atoms with Crippen molar-refractivity contribution >= 4 is 69.8 Å². The number of hydrogen-bond acceptors (Lipinski definition) is 9. The number of ether oxygens (including phenoxy) is 1. The van der Waals surface area contributed by atoms with Crippen LogP contribution in [0.15, 0.2) is 60.8 Å². The maximum absolute atomic E-state index is 13.5. The Morgan fingerprint density at radius 3 is 2.38 bits per heavy atom. The molecule has 3 heterocycles. The summed E-state index contributed by atoms with van der Waals surface area (Å²) in [6.45, 7) is 1.35. The van der Waals surface area contributed by atoms with Crippen LogP contribution in [-0.4, -0.2) is 86.8 Å². The molecular formula is C32H30B3N7O4S. The van der Waals surface area contributed by atoms with Gasteiger partial charge in [0.05, 0.1) is 53.8 Å². The zero-order chi connectivity index (χ0) is 33.1. The molecule has 4 aromatic rings. The molecule has 2 fully saturated rings. The highest BCUT2D eigenvalue weighted by Gasteiger charge is 2.31. The van der Waals surface area contributed by atoms with Crippen molar-refractivity contribution in [2.24, 2.45) is 5.92 Å². The fourth-order valence-electron chi connectivity index (χ4n) is 5.51. The largest absolute Gasteiger partial charge is 0.494 e. The monoisotopic (exact) mass is 641 g/mol. The number of rotatable bonds is 10. The van der Waals surface area contributed by atoms with E-state index in [1.807, 2.05) is 29.2 Å². The van der Waals surface area contributed by atoms with Gasteiger partial charge in [0.1, 0.15) is 9.88 Å². The minimum Gasteiger partial charge on any atom is -0.494 e. The van der Waals surface area contributed by atoms with E-state index in [1.165, 1.54) is 30.1 Å². The molecule has 1 saturated heterocycles. The molecular weight excluding hydrogens is 611 g/mol. The Balaban J connectivity index is 1.23. The number of nitrogens with zero attached hydrogens (tertiary/aromatic N) is 4. The smallest absolute Gasteiger partial charge is 0.272 e. The van der Waals surface area contributed by atoms with Crippen molar-refractivity contribution < 1.29 is 19.1 Å². The number of anilines is 3. The number of carbonyl (C=O) groups excluding carboxylic acids is 3. The van der Waals surface area contributed by atoms with Gasteiger partial charge in [-0.25, -0.2) is 4.98 Å². The van der Waals surface area contributed by atoms with E-state index in [9.17, 15) is 14.4 Å². The van der Waals surface area contributed by atoms with Crippen LogP contribution in [0.1, 0.15) is 57.3 Å². The fraction of sp³-hybridized carbons (Fsp3) is 0.312. The molecule has 6 radical (unpaired) electrons. The fourth-order valence-corrected chi connectivity index (χ4v) is 6.41. The number of hydrogen-bond donors (Lipinski definition) is 3. The van der Waals surface area contributed by atoms with Crippen LogP contribution in [0.5, 0.6) is 5.75 Å². The molecule has 47 heavy (non-hydrogen) atoms. The number of likely N-dealkylation sites (tertiary alicyclic amines) is 1. The van der Waals surface area contributed by atoms with Crippen LogP contribution < -0.4 is 20.7 Å². The first-order chi connectivity index (χ1) is 22.6. The van der Waals surface area contributed by atoms with E-state index < -0.39 is 11.1 Å². The number of nitrogens with one attached hydrogen (secondary N) is 3. The summed E-state index contributed by atoms with van der Waals surface area (Å²) in [7, 11) is 18.3. The Morgan fingerprint density at radius 2 is 1.70 bits per heavy atom. The van der Waals surface area contributed by atoms with Gasteiger partial charge in [-0.2, -0.15) is 0 Å². The molecule has 0 unspecified atom stereocenters. The van der Waals surface area contributed by atoms with Crippen molar-refractivity contribution in [3.8, 4) is 16.3 Å². The van der Waals surface area contributed by atoms with Gasteiger partial charge in [0.25, 0.3) is 11.8 Å². The van der Waals surface area contributed by atoms with E-state index in [0.29, 0.717) is 45.9 Å². The van der Waals surface area contributed by atoms with Gasteiger partial charge in [-0.05, 0) is 49.3 Å². The maximum Gasteiger partial charge on any atom is 0.272 e. The van der Waals surface area contributed by atoms with E-state index in [2.05, 4.69) is 43.3 Å². The van der Waals surface area contributed by atoms with Crippen molar-refractivity contribution in [2.45, 2.75) is 36.8 Å². The summed E-state index contributed by atoms with van der Waals surface area (Å²) in [4.78, 5) is 45.8. The highest BCUT2D eigenvalue weighted by atomic mass is 32.1. The molecule has 15 heteroatoms. The summed E-state index contributed by atoms with van der Waals surface area (Å²) in [6.07, 6.45) is 5.01. The minimum atomic E-state index is -2.01. The lowest BCUT2D eigenvalue weighted by Crippen LogP contribution is -2.50. The van der Waals surface area contributed by atoms with E-state index in [1.54, 1.807) is 18.3 Å². The quantitative estimate of drug-likeness (QED) is 0.224. The molecule has 232 valence electrons. The van der Waals surface area contributed by atoms with Crippen LogP contribution >= 0.6 is 11.3 Å². The average molecular weight is 641 g/mol. The van der Waals surface area contributed by atoms with Crippen LogP contribution in [0.3, 0.4) is 0 Å². The summed E-state index contributed by atoms with van der Waals surface area (Å²) in [6, 6.07) is 17.2. The van der Waals surface area contributed by atoms with Crippen molar-refractivity contribution in [3.05, 3.63) is 76.9 Å². The molecule has 0 atom stereocenters. The molecule has 2 aliphatic rings. The highest BCUT2D eigenvalue weighted by Crippen LogP contribution is 2.40. The van der Waals surface area contributed by atoms with Crippen molar-refractivity contribution in [1.82, 2.24) is 25.4 Å². The second-order valence-corrected chi connectivity index (χ2v) is 12.7. The normalized spacial score (nSPS) is 15.1. The van der Waals surface area contributed by atoms with Crippen LogP contribution in [0.25, 0.3) is 10.6 Å². The van der Waals surface area contributed by atoms with Crippen LogP contribution in [0, 0.1) is 5.92 Å². The third kappa shape index (κ3) is 7.67. The van der Waals surface area contributed by atoms with Gasteiger partial charge in [0.15, 0.2) is 17.3 Å². The molecule has 1 aliphatic carbocycles. The van der Waals surface area contributed by atoms with Gasteiger partial charge in [0, 0.05) is 25.1 Å². The van der Waals surface area contributed by atoms with Crippen molar-refractivity contribution in [3.63, 3.8) is 0 Å². The van der Waals surface area contributed by atoms with Crippen LogP contribution in [0.4, 0.5) is 17.2 Å². The van der Waals surface area contributed by atoms with E-state index in [-0.39, 0.29) is 34.9 Å². The number of carbonyl (C=O) groups is 3. The van der Waals surface area contributed by atoms with Gasteiger partial charge >= 0.3 is 0 Å². The standard InChI is InChI=1S/C32H30B3N7O4S/c1-46-27-21(30-36-17-24(47-30)31(45)42-14-12-19(13-15-42)18-6-3-2-4-7-18)8-5-9-22(27)37-23-16-25(38-28(43)20-10-11-20)40-41-26(23)29(44)39-32(33,34)35/h2-9,16-17,19-20H,10-15H2,1H3,(H,39,44)(H2,37,38,40,43). The van der Waals surface area contributed by atoms with Crippen LogP contribution in [-0.2, 0) is 4.79 Å².